The lowest BCUT2D eigenvalue weighted by Gasteiger charge is -2.52. The number of likely N-dealkylation sites (tertiary alicyclic amines) is 1. The molecule has 1 aliphatic carbocycles. The standard InChI is InChI=1S/C24H29NO4/c1-28-18-11-12-19(21(16-18)29-2)22-20-10-6-7-13-24(20,27)14-15-25(22)23(26)17-8-4-3-5-9-17/h3-5,8-9,11-12,16,20,22,27H,6-7,10,13-15H2,1-2H3/t20-,22+,24-/m1/s1. The minimum absolute atomic E-state index is 0.00101. The lowest BCUT2D eigenvalue weighted by atomic mass is 9.66. The second-order valence-electron chi connectivity index (χ2n) is 8.12. The zero-order valence-electron chi connectivity index (χ0n) is 17.1. The minimum atomic E-state index is -0.735. The predicted molar refractivity (Wildman–Crippen MR) is 111 cm³/mol. The van der Waals surface area contributed by atoms with E-state index in [0.717, 1.165) is 31.2 Å². The monoisotopic (exact) mass is 395 g/mol. The molecule has 2 aromatic carbocycles. The number of piperidine rings is 1. The van der Waals surface area contributed by atoms with Gasteiger partial charge in [-0.1, -0.05) is 31.0 Å². The van der Waals surface area contributed by atoms with Crippen molar-refractivity contribution in [2.75, 3.05) is 20.8 Å². The third-order valence-corrected chi connectivity index (χ3v) is 6.61. The molecule has 5 nitrogen and oxygen atoms in total. The Bertz CT molecular complexity index is 868. The third-order valence-electron chi connectivity index (χ3n) is 6.61. The van der Waals surface area contributed by atoms with Crippen molar-refractivity contribution in [1.82, 2.24) is 4.90 Å². The molecule has 3 atom stereocenters. The van der Waals surface area contributed by atoms with Gasteiger partial charge in [-0.05, 0) is 43.5 Å². The van der Waals surface area contributed by atoms with Crippen LogP contribution in [0, 0.1) is 5.92 Å². The van der Waals surface area contributed by atoms with Crippen molar-refractivity contribution < 1.29 is 19.4 Å². The van der Waals surface area contributed by atoms with Crippen LogP contribution in [0.15, 0.2) is 48.5 Å². The van der Waals surface area contributed by atoms with Crippen molar-refractivity contribution in [1.29, 1.82) is 0 Å². The fourth-order valence-electron chi connectivity index (χ4n) is 5.10. The molecule has 2 aliphatic rings. The summed E-state index contributed by atoms with van der Waals surface area (Å²) in [5, 5.41) is 11.5. The van der Waals surface area contributed by atoms with E-state index < -0.39 is 5.60 Å². The van der Waals surface area contributed by atoms with Gasteiger partial charge in [-0.15, -0.1) is 0 Å². The first-order chi connectivity index (χ1) is 14.1. The van der Waals surface area contributed by atoms with Crippen molar-refractivity contribution in [2.45, 2.75) is 43.7 Å². The SMILES string of the molecule is COc1ccc([C@H]2[C@H]3CCCC[C@@]3(O)CCN2C(=O)c2ccccc2)c(OC)c1. The average molecular weight is 395 g/mol. The Morgan fingerprint density at radius 3 is 2.59 bits per heavy atom. The summed E-state index contributed by atoms with van der Waals surface area (Å²) >= 11 is 0. The first-order valence-corrected chi connectivity index (χ1v) is 10.4. The van der Waals surface area contributed by atoms with Gasteiger partial charge >= 0.3 is 0 Å². The quantitative estimate of drug-likeness (QED) is 0.842. The Morgan fingerprint density at radius 2 is 1.86 bits per heavy atom. The molecule has 4 rings (SSSR count). The Hall–Kier alpha value is -2.53. The molecule has 1 saturated heterocycles. The van der Waals surface area contributed by atoms with Gasteiger partial charge in [0.1, 0.15) is 11.5 Å². The topological polar surface area (TPSA) is 59.0 Å². The van der Waals surface area contributed by atoms with E-state index in [2.05, 4.69) is 0 Å². The second-order valence-corrected chi connectivity index (χ2v) is 8.12. The van der Waals surface area contributed by atoms with Gasteiger partial charge in [0.2, 0.25) is 0 Å². The lowest BCUT2D eigenvalue weighted by Crippen LogP contribution is -2.56. The van der Waals surface area contributed by atoms with Gasteiger partial charge in [0.05, 0.1) is 25.9 Å². The van der Waals surface area contributed by atoms with E-state index in [-0.39, 0.29) is 17.9 Å². The molecule has 1 amide bonds. The van der Waals surface area contributed by atoms with Gasteiger partial charge in [0, 0.05) is 29.7 Å². The maximum Gasteiger partial charge on any atom is 0.254 e. The van der Waals surface area contributed by atoms with Gasteiger partial charge in [-0.3, -0.25) is 4.79 Å². The van der Waals surface area contributed by atoms with Gasteiger partial charge in [0.25, 0.3) is 5.91 Å². The molecule has 1 heterocycles. The van der Waals surface area contributed by atoms with Crippen molar-refractivity contribution in [3.63, 3.8) is 0 Å². The summed E-state index contributed by atoms with van der Waals surface area (Å²) in [6, 6.07) is 14.9. The smallest absolute Gasteiger partial charge is 0.254 e. The molecule has 0 unspecified atom stereocenters. The molecule has 2 aromatic rings. The van der Waals surface area contributed by atoms with Crippen molar-refractivity contribution in [3.05, 3.63) is 59.7 Å². The summed E-state index contributed by atoms with van der Waals surface area (Å²) in [5.74, 6) is 1.39. The highest BCUT2D eigenvalue weighted by Crippen LogP contribution is 2.51. The predicted octanol–water partition coefficient (Wildman–Crippen LogP) is 4.21. The van der Waals surface area contributed by atoms with Crippen LogP contribution in [0.5, 0.6) is 11.5 Å². The highest BCUT2D eigenvalue weighted by atomic mass is 16.5. The molecule has 2 fully saturated rings. The van der Waals surface area contributed by atoms with Crippen LogP contribution in [0.2, 0.25) is 0 Å². The Labute approximate surface area is 172 Å². The van der Waals surface area contributed by atoms with Crippen LogP contribution in [0.1, 0.15) is 54.1 Å². The van der Waals surface area contributed by atoms with Crippen LogP contribution in [-0.2, 0) is 0 Å². The first kappa shape index (κ1) is 19.8. The van der Waals surface area contributed by atoms with Gasteiger partial charge in [0.15, 0.2) is 0 Å². The fourth-order valence-corrected chi connectivity index (χ4v) is 5.10. The number of methoxy groups -OCH3 is 2. The van der Waals surface area contributed by atoms with Crippen LogP contribution in [-0.4, -0.2) is 42.3 Å². The van der Waals surface area contributed by atoms with Gasteiger partial charge in [-0.25, -0.2) is 0 Å². The largest absolute Gasteiger partial charge is 0.497 e. The van der Waals surface area contributed by atoms with Crippen molar-refractivity contribution in [2.24, 2.45) is 5.92 Å². The van der Waals surface area contributed by atoms with Crippen LogP contribution in [0.25, 0.3) is 0 Å². The summed E-state index contributed by atoms with van der Waals surface area (Å²) < 4.78 is 11.0. The molecular formula is C24H29NO4. The Balaban J connectivity index is 1.80. The number of ether oxygens (including phenoxy) is 2. The number of amides is 1. The number of fused-ring (bicyclic) bond motifs is 1. The van der Waals surface area contributed by atoms with Crippen LogP contribution < -0.4 is 9.47 Å². The Morgan fingerprint density at radius 1 is 1.07 bits per heavy atom. The molecule has 1 saturated carbocycles. The summed E-state index contributed by atoms with van der Waals surface area (Å²) in [5.41, 5.74) is 0.871. The van der Waals surface area contributed by atoms with Gasteiger partial charge in [-0.2, -0.15) is 0 Å². The fraction of sp³-hybridized carbons (Fsp3) is 0.458. The summed E-state index contributed by atoms with van der Waals surface area (Å²) in [7, 11) is 3.26. The van der Waals surface area contributed by atoms with Crippen molar-refractivity contribution in [3.8, 4) is 11.5 Å². The van der Waals surface area contributed by atoms with E-state index in [4.69, 9.17) is 9.47 Å². The summed E-state index contributed by atoms with van der Waals surface area (Å²) in [4.78, 5) is 15.4. The summed E-state index contributed by atoms with van der Waals surface area (Å²) in [6.07, 6.45) is 4.40. The van der Waals surface area contributed by atoms with E-state index in [1.165, 1.54) is 0 Å². The molecule has 5 heteroatoms. The number of nitrogens with zero attached hydrogens (tertiary/aromatic N) is 1. The molecule has 0 radical (unpaired) electrons. The number of carbonyl (C=O) groups excluding carboxylic acids is 1. The highest BCUT2D eigenvalue weighted by Gasteiger charge is 2.50. The first-order valence-electron chi connectivity index (χ1n) is 10.4. The van der Waals surface area contributed by atoms with E-state index in [0.29, 0.717) is 30.0 Å². The zero-order chi connectivity index (χ0) is 20.4. The molecule has 1 aliphatic heterocycles. The maximum absolute atomic E-state index is 13.5. The molecular weight excluding hydrogens is 366 g/mol. The number of carbonyl (C=O) groups is 1. The normalized spacial score (nSPS) is 26.5. The van der Waals surface area contributed by atoms with E-state index >= 15 is 0 Å². The Kier molecular flexibility index (Phi) is 5.50. The third kappa shape index (κ3) is 3.60. The van der Waals surface area contributed by atoms with E-state index in [1.54, 1.807) is 14.2 Å². The molecule has 29 heavy (non-hydrogen) atoms. The van der Waals surface area contributed by atoms with Crippen LogP contribution in [0.4, 0.5) is 0 Å². The van der Waals surface area contributed by atoms with Crippen molar-refractivity contribution >= 4 is 5.91 Å². The molecule has 0 bridgehead atoms. The minimum Gasteiger partial charge on any atom is -0.497 e. The highest BCUT2D eigenvalue weighted by molar-refractivity contribution is 5.94. The van der Waals surface area contributed by atoms with Gasteiger partial charge < -0.3 is 19.5 Å². The van der Waals surface area contributed by atoms with Crippen LogP contribution in [0.3, 0.4) is 0 Å². The lowest BCUT2D eigenvalue weighted by molar-refractivity contribution is -0.115. The summed E-state index contributed by atoms with van der Waals surface area (Å²) in [6.45, 7) is 0.528. The molecule has 154 valence electrons. The zero-order valence-corrected chi connectivity index (χ0v) is 17.1. The number of benzene rings is 2. The van der Waals surface area contributed by atoms with Crippen LogP contribution >= 0.6 is 0 Å². The van der Waals surface area contributed by atoms with E-state index in [9.17, 15) is 9.90 Å². The second kappa shape index (κ2) is 8.07. The molecule has 0 spiro atoms. The molecule has 0 aromatic heterocycles. The van der Waals surface area contributed by atoms with E-state index in [1.807, 2.05) is 53.4 Å². The number of rotatable bonds is 4. The number of hydrogen-bond donors (Lipinski definition) is 1. The number of hydrogen-bond acceptors (Lipinski definition) is 4. The maximum atomic E-state index is 13.5. The number of aliphatic hydroxyl groups is 1. The molecule has 1 N–H and O–H groups in total. The average Bonchev–Trinajstić information content (AvgIpc) is 2.77.